The molecule has 0 spiro atoms. The van der Waals surface area contributed by atoms with Crippen LogP contribution < -0.4 is 0 Å². The fourth-order valence-corrected chi connectivity index (χ4v) is 2.22. The van der Waals surface area contributed by atoms with E-state index >= 15 is 0 Å². The number of hydrogen-bond donors (Lipinski definition) is 1. The van der Waals surface area contributed by atoms with Crippen molar-refractivity contribution in [2.24, 2.45) is 0 Å². The third-order valence-corrected chi connectivity index (χ3v) is 3.13. The summed E-state index contributed by atoms with van der Waals surface area (Å²) in [7, 11) is 0. The second-order valence-electron chi connectivity index (χ2n) is 3.43. The summed E-state index contributed by atoms with van der Waals surface area (Å²) < 4.78 is 0.292. The van der Waals surface area contributed by atoms with E-state index in [1.54, 1.807) is 12.2 Å². The first-order valence-corrected chi connectivity index (χ1v) is 5.75. The molecular formula is C10H11NO3S2. The van der Waals surface area contributed by atoms with Crippen LogP contribution in [0.4, 0.5) is 0 Å². The van der Waals surface area contributed by atoms with Crippen LogP contribution in [-0.2, 0) is 9.59 Å². The molecule has 4 nitrogen and oxygen atoms in total. The molecule has 0 aromatic rings. The average molecular weight is 257 g/mol. The summed E-state index contributed by atoms with van der Waals surface area (Å²) in [5.74, 6) is -1.41. The van der Waals surface area contributed by atoms with Gasteiger partial charge in [-0.3, -0.25) is 14.5 Å². The van der Waals surface area contributed by atoms with Crippen molar-refractivity contribution >= 4 is 40.2 Å². The van der Waals surface area contributed by atoms with Gasteiger partial charge in [0.25, 0.3) is 5.91 Å². The second kappa shape index (κ2) is 5.27. The van der Waals surface area contributed by atoms with Gasteiger partial charge >= 0.3 is 5.97 Å². The highest BCUT2D eigenvalue weighted by molar-refractivity contribution is 8.26. The van der Waals surface area contributed by atoms with Gasteiger partial charge in [-0.2, -0.15) is 0 Å². The Labute approximate surface area is 103 Å². The molecule has 1 rings (SSSR count). The van der Waals surface area contributed by atoms with Gasteiger partial charge in [-0.05, 0) is 19.9 Å². The largest absolute Gasteiger partial charge is 0.480 e. The Balaban J connectivity index is 2.86. The van der Waals surface area contributed by atoms with E-state index in [-0.39, 0.29) is 12.5 Å². The molecule has 1 fully saturated rings. The number of aliphatic carboxylic acids is 1. The molecule has 0 aromatic carbocycles. The predicted octanol–water partition coefficient (Wildman–Crippen LogP) is 1.78. The fourth-order valence-electron chi connectivity index (χ4n) is 1.03. The molecule has 0 saturated carbocycles. The summed E-state index contributed by atoms with van der Waals surface area (Å²) in [4.78, 5) is 23.8. The molecule has 0 radical (unpaired) electrons. The number of allylic oxidation sites excluding steroid dienone is 3. The first-order valence-electron chi connectivity index (χ1n) is 4.52. The normalized spacial score (nSPS) is 18.1. The summed E-state index contributed by atoms with van der Waals surface area (Å²) >= 11 is 6.06. The van der Waals surface area contributed by atoms with Crippen LogP contribution in [0.1, 0.15) is 13.8 Å². The van der Waals surface area contributed by atoms with Gasteiger partial charge in [0.05, 0.1) is 4.91 Å². The van der Waals surface area contributed by atoms with Crippen molar-refractivity contribution in [3.05, 3.63) is 22.6 Å². The smallest absolute Gasteiger partial charge is 0.323 e. The monoisotopic (exact) mass is 257 g/mol. The Hall–Kier alpha value is -1.14. The lowest BCUT2D eigenvalue weighted by Gasteiger charge is -2.09. The number of thioether (sulfide) groups is 1. The van der Waals surface area contributed by atoms with E-state index in [0.717, 1.165) is 22.2 Å². The van der Waals surface area contributed by atoms with Gasteiger partial charge in [-0.25, -0.2) is 0 Å². The van der Waals surface area contributed by atoms with E-state index in [2.05, 4.69) is 0 Å². The maximum atomic E-state index is 11.7. The average Bonchev–Trinajstić information content (AvgIpc) is 2.42. The number of amides is 1. The highest BCUT2D eigenvalue weighted by Crippen LogP contribution is 2.30. The van der Waals surface area contributed by atoms with E-state index in [4.69, 9.17) is 17.3 Å². The number of nitrogens with zero attached hydrogens (tertiary/aromatic N) is 1. The van der Waals surface area contributed by atoms with Crippen molar-refractivity contribution in [1.82, 2.24) is 4.90 Å². The Kier molecular flexibility index (Phi) is 4.26. The molecule has 0 aliphatic carbocycles. The minimum absolute atomic E-state index is 0.292. The summed E-state index contributed by atoms with van der Waals surface area (Å²) in [6.45, 7) is 3.44. The van der Waals surface area contributed by atoms with Crippen LogP contribution in [0.25, 0.3) is 0 Å². The molecule has 0 aromatic heterocycles. The van der Waals surface area contributed by atoms with Crippen LogP contribution in [0, 0.1) is 0 Å². The number of carbonyl (C=O) groups is 2. The zero-order valence-corrected chi connectivity index (χ0v) is 10.5. The zero-order valence-electron chi connectivity index (χ0n) is 8.89. The molecular weight excluding hydrogens is 246 g/mol. The maximum absolute atomic E-state index is 11.7. The van der Waals surface area contributed by atoms with E-state index < -0.39 is 5.97 Å². The van der Waals surface area contributed by atoms with Crippen molar-refractivity contribution in [2.45, 2.75) is 13.8 Å². The molecule has 1 saturated heterocycles. The first kappa shape index (κ1) is 12.9. The lowest BCUT2D eigenvalue weighted by molar-refractivity contribution is -0.140. The highest BCUT2D eigenvalue weighted by Gasteiger charge is 2.32. The van der Waals surface area contributed by atoms with Crippen molar-refractivity contribution < 1.29 is 14.7 Å². The third kappa shape index (κ3) is 3.18. The fraction of sp³-hybridized carbons (Fsp3) is 0.300. The SMILES string of the molecule is CC(C)=CC=C1SC(=S)N(CC(=O)O)C1=O. The number of hydrogen-bond acceptors (Lipinski definition) is 4. The Morgan fingerprint density at radius 1 is 1.56 bits per heavy atom. The molecule has 16 heavy (non-hydrogen) atoms. The van der Waals surface area contributed by atoms with Gasteiger partial charge in [0, 0.05) is 0 Å². The standard InChI is InChI=1S/C10H11NO3S2/c1-6(2)3-4-7-9(14)11(5-8(12)13)10(15)16-7/h3-4H,5H2,1-2H3,(H,12,13). The van der Waals surface area contributed by atoms with Gasteiger partial charge in [0.2, 0.25) is 0 Å². The predicted molar refractivity (Wildman–Crippen MR) is 67.1 cm³/mol. The van der Waals surface area contributed by atoms with Gasteiger partial charge in [-0.1, -0.05) is 35.6 Å². The second-order valence-corrected chi connectivity index (χ2v) is 5.10. The summed E-state index contributed by atoms with van der Waals surface area (Å²) in [6.07, 6.45) is 3.46. The van der Waals surface area contributed by atoms with Gasteiger partial charge in [0.1, 0.15) is 10.9 Å². The molecule has 0 atom stereocenters. The summed E-state index contributed by atoms with van der Waals surface area (Å²) in [5, 5.41) is 8.62. The van der Waals surface area contributed by atoms with E-state index in [0.29, 0.717) is 9.23 Å². The molecule has 1 aliphatic heterocycles. The first-order chi connectivity index (χ1) is 7.41. The number of rotatable bonds is 3. The van der Waals surface area contributed by atoms with E-state index in [1.807, 2.05) is 13.8 Å². The van der Waals surface area contributed by atoms with Crippen LogP contribution in [0.15, 0.2) is 22.6 Å². The summed E-state index contributed by atoms with van der Waals surface area (Å²) in [6, 6.07) is 0. The molecule has 6 heteroatoms. The topological polar surface area (TPSA) is 57.6 Å². The molecule has 0 bridgehead atoms. The number of carbonyl (C=O) groups excluding carboxylic acids is 1. The van der Waals surface area contributed by atoms with Gasteiger partial charge < -0.3 is 5.11 Å². The van der Waals surface area contributed by atoms with E-state index in [9.17, 15) is 9.59 Å². The van der Waals surface area contributed by atoms with Crippen molar-refractivity contribution in [3.8, 4) is 0 Å². The Morgan fingerprint density at radius 2 is 2.19 bits per heavy atom. The minimum Gasteiger partial charge on any atom is -0.480 e. The molecule has 1 amide bonds. The number of carboxylic acid groups (broad SMARTS) is 1. The molecule has 86 valence electrons. The number of thiocarbonyl (C=S) groups is 1. The van der Waals surface area contributed by atoms with Gasteiger partial charge in [-0.15, -0.1) is 0 Å². The van der Waals surface area contributed by atoms with E-state index in [1.165, 1.54) is 0 Å². The molecule has 1 heterocycles. The van der Waals surface area contributed by atoms with Crippen LogP contribution in [0.3, 0.4) is 0 Å². The van der Waals surface area contributed by atoms with Crippen LogP contribution in [0.2, 0.25) is 0 Å². The highest BCUT2D eigenvalue weighted by atomic mass is 32.2. The van der Waals surface area contributed by atoms with Crippen molar-refractivity contribution in [1.29, 1.82) is 0 Å². The minimum atomic E-state index is -1.07. The van der Waals surface area contributed by atoms with Crippen LogP contribution >= 0.6 is 24.0 Å². The van der Waals surface area contributed by atoms with Gasteiger partial charge in [0.15, 0.2) is 0 Å². The molecule has 0 unspecified atom stereocenters. The van der Waals surface area contributed by atoms with Crippen molar-refractivity contribution in [3.63, 3.8) is 0 Å². The van der Waals surface area contributed by atoms with Crippen LogP contribution in [-0.4, -0.2) is 32.7 Å². The Bertz CT molecular complexity index is 408. The maximum Gasteiger partial charge on any atom is 0.323 e. The quantitative estimate of drug-likeness (QED) is 0.617. The third-order valence-electron chi connectivity index (χ3n) is 1.74. The lowest BCUT2D eigenvalue weighted by atomic mass is 10.3. The molecule has 1 N–H and O–H groups in total. The van der Waals surface area contributed by atoms with Crippen LogP contribution in [0.5, 0.6) is 0 Å². The number of carboxylic acids is 1. The Morgan fingerprint density at radius 3 is 2.69 bits per heavy atom. The zero-order chi connectivity index (χ0) is 12.3. The summed E-state index contributed by atoms with van der Waals surface area (Å²) in [5.41, 5.74) is 1.06. The lowest BCUT2D eigenvalue weighted by Crippen LogP contribution is -2.33. The molecule has 1 aliphatic rings. The van der Waals surface area contributed by atoms with Crippen molar-refractivity contribution in [2.75, 3.05) is 6.54 Å².